The lowest BCUT2D eigenvalue weighted by molar-refractivity contribution is -0.267. The zero-order valence-electron chi connectivity index (χ0n) is 22.9. The van der Waals surface area contributed by atoms with Gasteiger partial charge in [-0.1, -0.05) is 46.1 Å². The van der Waals surface area contributed by atoms with Gasteiger partial charge in [-0.3, -0.25) is 0 Å². The van der Waals surface area contributed by atoms with Crippen molar-refractivity contribution in [2.45, 2.75) is 96.6 Å². The molecule has 7 nitrogen and oxygen atoms in total. The van der Waals surface area contributed by atoms with Gasteiger partial charge in [0.15, 0.2) is 11.6 Å². The molecule has 0 aromatic heterocycles. The van der Waals surface area contributed by atoms with Crippen molar-refractivity contribution in [2.24, 2.45) is 0 Å². The lowest BCUT2D eigenvalue weighted by Gasteiger charge is -2.44. The molecular weight excluding hydrogens is 448 g/mol. The molecule has 0 amide bonds. The second-order valence-electron chi connectivity index (χ2n) is 11.4. The molecule has 2 aliphatic heterocycles. The molecule has 35 heavy (non-hydrogen) atoms. The Morgan fingerprint density at radius 1 is 0.829 bits per heavy atom. The van der Waals surface area contributed by atoms with Gasteiger partial charge in [-0.15, -0.1) is 0 Å². The normalized spacial score (nSPS) is 22.4. The number of unbranched alkanes of at least 4 members (excludes halogenated alkanes) is 3. The second-order valence-corrected chi connectivity index (χ2v) is 11.4. The highest BCUT2D eigenvalue weighted by atomic mass is 16.7. The lowest BCUT2D eigenvalue weighted by Crippen LogP contribution is -2.49. The van der Waals surface area contributed by atoms with Gasteiger partial charge in [0, 0.05) is 16.4 Å². The van der Waals surface area contributed by atoms with Crippen LogP contribution in [-0.4, -0.2) is 57.7 Å². The summed E-state index contributed by atoms with van der Waals surface area (Å²) in [5.74, 6) is -1.18. The Bertz CT molecular complexity index is 870. The highest BCUT2D eigenvalue weighted by Crippen LogP contribution is 2.43. The Kier molecular flexibility index (Phi) is 8.57. The van der Waals surface area contributed by atoms with E-state index in [0.29, 0.717) is 44.3 Å². The van der Waals surface area contributed by atoms with Crippen LogP contribution in [0.1, 0.15) is 95.6 Å². The predicted molar refractivity (Wildman–Crippen MR) is 134 cm³/mol. The summed E-state index contributed by atoms with van der Waals surface area (Å²) < 4.78 is 35.6. The van der Waals surface area contributed by atoms with Crippen LogP contribution < -0.4 is 4.74 Å². The average molecular weight is 493 g/mol. The molecule has 3 rings (SSSR count). The zero-order chi connectivity index (χ0) is 25.9. The molecule has 2 heterocycles. The lowest BCUT2D eigenvalue weighted by atomic mass is 9.76. The van der Waals surface area contributed by atoms with E-state index in [4.69, 9.17) is 28.4 Å². The van der Waals surface area contributed by atoms with Gasteiger partial charge >= 0.3 is 5.97 Å². The van der Waals surface area contributed by atoms with E-state index in [1.807, 2.05) is 33.8 Å². The van der Waals surface area contributed by atoms with Crippen LogP contribution in [0, 0.1) is 0 Å². The first-order chi connectivity index (χ1) is 16.3. The van der Waals surface area contributed by atoms with E-state index >= 15 is 0 Å². The van der Waals surface area contributed by atoms with Gasteiger partial charge in [0.05, 0.1) is 40.1 Å². The molecule has 0 bridgehead atoms. The third kappa shape index (κ3) is 6.56. The summed E-state index contributed by atoms with van der Waals surface area (Å²) in [5, 5.41) is 0. The molecule has 2 aliphatic rings. The molecular formula is C28H44O7. The van der Waals surface area contributed by atoms with E-state index < -0.39 is 22.4 Å². The van der Waals surface area contributed by atoms with Gasteiger partial charge in [0.1, 0.15) is 11.3 Å². The van der Waals surface area contributed by atoms with Crippen LogP contribution in [0.4, 0.5) is 0 Å². The largest absolute Gasteiger partial charge is 0.496 e. The summed E-state index contributed by atoms with van der Waals surface area (Å²) in [5.41, 5.74) is 1.25. The molecule has 2 saturated heterocycles. The number of hydrogen-bond donors (Lipinski definition) is 0. The van der Waals surface area contributed by atoms with Gasteiger partial charge in [0.2, 0.25) is 0 Å². The van der Waals surface area contributed by atoms with Crippen molar-refractivity contribution in [3.05, 3.63) is 28.8 Å². The van der Waals surface area contributed by atoms with E-state index in [0.717, 1.165) is 36.8 Å². The number of esters is 1. The molecule has 0 unspecified atom stereocenters. The van der Waals surface area contributed by atoms with Gasteiger partial charge in [-0.25, -0.2) is 4.79 Å². The number of rotatable bonds is 9. The number of hydrogen-bond acceptors (Lipinski definition) is 7. The maximum atomic E-state index is 13.3. The van der Waals surface area contributed by atoms with Gasteiger partial charge in [-0.05, 0) is 45.7 Å². The smallest absolute Gasteiger partial charge is 0.341 e. The minimum atomic E-state index is -0.660. The van der Waals surface area contributed by atoms with Gasteiger partial charge in [-0.2, -0.15) is 0 Å². The maximum absolute atomic E-state index is 13.3. The molecule has 0 aliphatic carbocycles. The predicted octanol–water partition coefficient (Wildman–Crippen LogP) is 5.51. The summed E-state index contributed by atoms with van der Waals surface area (Å²) in [7, 11) is 1.59. The summed E-state index contributed by atoms with van der Waals surface area (Å²) in [6.07, 6.45) is 4.14. The SMILES string of the molecule is CCCCCCOC(=O)c1cc(C2(C)COC(C)(C)OC2)cc(C2(C)COC(C)(C)OC2)c1OC. The summed E-state index contributed by atoms with van der Waals surface area (Å²) in [6.45, 7) is 16.1. The molecule has 0 N–H and O–H groups in total. The van der Waals surface area contributed by atoms with E-state index in [1.165, 1.54) is 0 Å². The third-order valence-corrected chi connectivity index (χ3v) is 7.04. The van der Waals surface area contributed by atoms with Crippen molar-refractivity contribution >= 4 is 5.97 Å². The highest BCUT2D eigenvalue weighted by molar-refractivity contribution is 5.93. The van der Waals surface area contributed by atoms with Crippen LogP contribution in [0.25, 0.3) is 0 Å². The molecule has 0 spiro atoms. The number of ether oxygens (including phenoxy) is 6. The van der Waals surface area contributed by atoms with Crippen LogP contribution in [-0.2, 0) is 34.5 Å². The fraction of sp³-hybridized carbons (Fsp3) is 0.750. The van der Waals surface area contributed by atoms with Crippen molar-refractivity contribution in [3.63, 3.8) is 0 Å². The monoisotopic (exact) mass is 492 g/mol. The average Bonchev–Trinajstić information content (AvgIpc) is 2.82. The van der Waals surface area contributed by atoms with Gasteiger partial charge < -0.3 is 28.4 Å². The Morgan fingerprint density at radius 2 is 1.37 bits per heavy atom. The standard InChI is InChI=1S/C28H44O7/c1-9-10-11-12-13-31-24(29)21-14-20(27(6)16-32-25(2,3)33-17-27)15-22(23(21)30-8)28(7)18-34-26(4,5)35-19-28/h14-15H,9-13,16-19H2,1-8H3. The van der Waals surface area contributed by atoms with E-state index in [-0.39, 0.29) is 5.97 Å². The Labute approximate surface area is 210 Å². The van der Waals surface area contributed by atoms with Crippen molar-refractivity contribution in [3.8, 4) is 5.75 Å². The second kappa shape index (κ2) is 10.8. The Balaban J connectivity index is 2.00. The Hall–Kier alpha value is -1.67. The topological polar surface area (TPSA) is 72.5 Å². The molecule has 0 atom stereocenters. The quantitative estimate of drug-likeness (QED) is 0.332. The fourth-order valence-corrected chi connectivity index (χ4v) is 4.39. The van der Waals surface area contributed by atoms with Crippen LogP contribution in [0.15, 0.2) is 12.1 Å². The van der Waals surface area contributed by atoms with Crippen LogP contribution in [0.5, 0.6) is 5.75 Å². The molecule has 1 aromatic carbocycles. The number of methoxy groups -OCH3 is 1. The summed E-state index contributed by atoms with van der Waals surface area (Å²) in [6, 6.07) is 3.96. The fourth-order valence-electron chi connectivity index (χ4n) is 4.39. The van der Waals surface area contributed by atoms with Crippen molar-refractivity contribution in [1.82, 2.24) is 0 Å². The molecule has 1 aromatic rings. The number of carbonyl (C=O) groups is 1. The van der Waals surface area contributed by atoms with Crippen LogP contribution >= 0.6 is 0 Å². The van der Waals surface area contributed by atoms with Crippen LogP contribution in [0.3, 0.4) is 0 Å². The highest BCUT2D eigenvalue weighted by Gasteiger charge is 2.43. The number of carbonyl (C=O) groups excluding carboxylic acids is 1. The molecule has 198 valence electrons. The van der Waals surface area contributed by atoms with E-state index in [9.17, 15) is 4.79 Å². The minimum absolute atomic E-state index is 0.385. The van der Waals surface area contributed by atoms with Crippen molar-refractivity contribution in [2.75, 3.05) is 40.1 Å². The van der Waals surface area contributed by atoms with Gasteiger partial charge in [0.25, 0.3) is 0 Å². The first-order valence-corrected chi connectivity index (χ1v) is 12.8. The van der Waals surface area contributed by atoms with E-state index in [1.54, 1.807) is 7.11 Å². The zero-order valence-corrected chi connectivity index (χ0v) is 22.9. The minimum Gasteiger partial charge on any atom is -0.496 e. The third-order valence-electron chi connectivity index (χ3n) is 7.04. The number of benzene rings is 1. The Morgan fingerprint density at radius 3 is 1.89 bits per heavy atom. The van der Waals surface area contributed by atoms with E-state index in [2.05, 4.69) is 26.8 Å². The molecule has 2 fully saturated rings. The first kappa shape index (κ1) is 27.9. The first-order valence-electron chi connectivity index (χ1n) is 12.8. The van der Waals surface area contributed by atoms with Crippen molar-refractivity contribution in [1.29, 1.82) is 0 Å². The van der Waals surface area contributed by atoms with Crippen molar-refractivity contribution < 1.29 is 33.2 Å². The molecule has 7 heteroatoms. The summed E-state index contributed by atoms with van der Waals surface area (Å²) >= 11 is 0. The van der Waals surface area contributed by atoms with Crippen LogP contribution in [0.2, 0.25) is 0 Å². The molecule has 0 saturated carbocycles. The maximum Gasteiger partial charge on any atom is 0.341 e. The summed E-state index contributed by atoms with van der Waals surface area (Å²) in [4.78, 5) is 13.3. The molecule has 0 radical (unpaired) electrons.